The molecule has 3 nitrogen and oxygen atoms in total. The van der Waals surface area contributed by atoms with E-state index in [0.29, 0.717) is 17.4 Å². The fourth-order valence-electron chi connectivity index (χ4n) is 1.86. The van der Waals surface area contributed by atoms with Gasteiger partial charge in [-0.2, -0.15) is 13.2 Å². The van der Waals surface area contributed by atoms with Crippen LogP contribution in [-0.4, -0.2) is 12.1 Å². The van der Waals surface area contributed by atoms with Crippen LogP contribution in [0, 0.1) is 5.82 Å². The molecule has 0 saturated heterocycles. The third-order valence-electron chi connectivity index (χ3n) is 2.98. The van der Waals surface area contributed by atoms with Crippen LogP contribution in [0.15, 0.2) is 36.7 Å². The predicted octanol–water partition coefficient (Wildman–Crippen LogP) is 3.30. The van der Waals surface area contributed by atoms with Crippen molar-refractivity contribution in [2.24, 2.45) is 5.73 Å². The largest absolute Gasteiger partial charge is 0.495 e. The highest BCUT2D eigenvalue weighted by molar-refractivity contribution is 5.36. The summed E-state index contributed by atoms with van der Waals surface area (Å²) in [4.78, 5) is 3.89. The number of hydrogen-bond acceptors (Lipinski definition) is 3. The highest BCUT2D eigenvalue weighted by Crippen LogP contribution is 2.33. The molecule has 0 saturated carbocycles. The van der Waals surface area contributed by atoms with E-state index in [1.54, 1.807) is 6.07 Å². The molecule has 21 heavy (non-hydrogen) atoms. The van der Waals surface area contributed by atoms with Crippen LogP contribution in [0.5, 0.6) is 5.75 Å². The minimum Gasteiger partial charge on any atom is -0.495 e. The van der Waals surface area contributed by atoms with Crippen molar-refractivity contribution >= 4 is 0 Å². The maximum Gasteiger partial charge on any atom is 0.419 e. The van der Waals surface area contributed by atoms with Gasteiger partial charge in [0.2, 0.25) is 0 Å². The van der Waals surface area contributed by atoms with Crippen LogP contribution >= 0.6 is 0 Å². The lowest BCUT2D eigenvalue weighted by Gasteiger charge is -2.16. The van der Waals surface area contributed by atoms with Gasteiger partial charge in [-0.05, 0) is 29.3 Å². The summed E-state index contributed by atoms with van der Waals surface area (Å²) in [5.41, 5.74) is 5.18. The van der Waals surface area contributed by atoms with E-state index in [2.05, 4.69) is 4.98 Å². The third kappa shape index (κ3) is 3.30. The van der Waals surface area contributed by atoms with Crippen LogP contribution in [-0.2, 0) is 6.18 Å². The van der Waals surface area contributed by atoms with Gasteiger partial charge in [0.05, 0.1) is 24.9 Å². The highest BCUT2D eigenvalue weighted by atomic mass is 19.4. The number of alkyl halides is 3. The maximum atomic E-state index is 13.3. The van der Waals surface area contributed by atoms with E-state index in [1.165, 1.54) is 25.6 Å². The molecule has 1 aromatic heterocycles. The highest BCUT2D eigenvalue weighted by Gasteiger charge is 2.34. The van der Waals surface area contributed by atoms with Gasteiger partial charge in [-0.1, -0.05) is 6.07 Å². The number of halogens is 4. The molecule has 0 bridgehead atoms. The number of benzene rings is 1. The van der Waals surface area contributed by atoms with Crippen LogP contribution in [0.4, 0.5) is 17.6 Å². The Morgan fingerprint density at radius 3 is 2.48 bits per heavy atom. The molecule has 2 aromatic rings. The summed E-state index contributed by atoms with van der Waals surface area (Å²) < 4.78 is 56.3. The Kier molecular flexibility index (Phi) is 4.13. The number of aromatic nitrogens is 1. The summed E-state index contributed by atoms with van der Waals surface area (Å²) in [6.45, 7) is 0. The van der Waals surface area contributed by atoms with E-state index in [9.17, 15) is 17.6 Å². The Labute approximate surface area is 118 Å². The molecule has 7 heteroatoms. The van der Waals surface area contributed by atoms with Gasteiger partial charge in [0, 0.05) is 6.20 Å². The first-order chi connectivity index (χ1) is 9.82. The second-order valence-electron chi connectivity index (χ2n) is 4.37. The molecule has 0 aliphatic rings. The number of rotatable bonds is 3. The minimum atomic E-state index is -4.77. The van der Waals surface area contributed by atoms with Gasteiger partial charge in [-0.15, -0.1) is 0 Å². The second kappa shape index (κ2) is 5.69. The number of hydrogen-bond donors (Lipinski definition) is 1. The monoisotopic (exact) mass is 300 g/mol. The van der Waals surface area contributed by atoms with Gasteiger partial charge in [0.15, 0.2) is 0 Å². The fraction of sp³-hybridized carbons (Fsp3) is 0.214. The summed E-state index contributed by atoms with van der Waals surface area (Å²) in [5.74, 6) is -0.900. The molecule has 0 aliphatic carbocycles. The van der Waals surface area contributed by atoms with Crippen molar-refractivity contribution in [3.8, 4) is 5.75 Å². The predicted molar refractivity (Wildman–Crippen MR) is 68.2 cm³/mol. The summed E-state index contributed by atoms with van der Waals surface area (Å²) in [6, 6.07) is 3.38. The number of ether oxygens (including phenoxy) is 1. The second-order valence-corrected chi connectivity index (χ2v) is 4.37. The van der Waals surface area contributed by atoms with Crippen molar-refractivity contribution in [3.05, 3.63) is 59.2 Å². The van der Waals surface area contributed by atoms with Crippen molar-refractivity contribution < 1.29 is 22.3 Å². The Morgan fingerprint density at radius 1 is 1.14 bits per heavy atom. The van der Waals surface area contributed by atoms with Gasteiger partial charge >= 0.3 is 6.18 Å². The molecule has 1 atom stereocenters. The molecule has 0 amide bonds. The Hall–Kier alpha value is -2.15. The van der Waals surface area contributed by atoms with Crippen molar-refractivity contribution in [1.29, 1.82) is 0 Å². The molecule has 1 aromatic carbocycles. The lowest BCUT2D eigenvalue weighted by Crippen LogP contribution is -2.15. The molecule has 2 N–H and O–H groups in total. The van der Waals surface area contributed by atoms with E-state index < -0.39 is 23.6 Å². The zero-order chi connectivity index (χ0) is 15.6. The molecule has 112 valence electrons. The topological polar surface area (TPSA) is 48.1 Å². The van der Waals surface area contributed by atoms with E-state index in [1.807, 2.05) is 0 Å². The molecule has 0 spiro atoms. The number of pyridine rings is 1. The van der Waals surface area contributed by atoms with Gasteiger partial charge < -0.3 is 10.5 Å². The molecule has 2 rings (SSSR count). The molecule has 1 unspecified atom stereocenters. The van der Waals surface area contributed by atoms with Crippen LogP contribution in [0.3, 0.4) is 0 Å². The van der Waals surface area contributed by atoms with Crippen LogP contribution in [0.25, 0.3) is 0 Å². The zero-order valence-corrected chi connectivity index (χ0v) is 11.0. The van der Waals surface area contributed by atoms with Crippen molar-refractivity contribution in [3.63, 3.8) is 0 Å². The molecule has 1 heterocycles. The SMILES string of the molecule is COc1cncc(C(N)c2ccc(F)c(C(F)(F)F)c2)c1. The van der Waals surface area contributed by atoms with Crippen molar-refractivity contribution in [2.75, 3.05) is 7.11 Å². The van der Waals surface area contributed by atoms with E-state index in [0.717, 1.165) is 6.07 Å². The summed E-state index contributed by atoms with van der Waals surface area (Å²) in [7, 11) is 1.44. The molecule has 0 fully saturated rings. The summed E-state index contributed by atoms with van der Waals surface area (Å²) in [6.07, 6.45) is -1.90. The number of nitrogens with two attached hydrogens (primary N) is 1. The van der Waals surface area contributed by atoms with Gasteiger partial charge in [-0.25, -0.2) is 4.39 Å². The lowest BCUT2D eigenvalue weighted by molar-refractivity contribution is -0.140. The van der Waals surface area contributed by atoms with Crippen molar-refractivity contribution in [2.45, 2.75) is 12.2 Å². The molecular weight excluding hydrogens is 288 g/mol. The average molecular weight is 300 g/mol. The maximum absolute atomic E-state index is 13.3. The lowest BCUT2D eigenvalue weighted by atomic mass is 9.98. The van der Waals surface area contributed by atoms with Crippen molar-refractivity contribution in [1.82, 2.24) is 4.98 Å². The van der Waals surface area contributed by atoms with Crippen LogP contribution < -0.4 is 10.5 Å². The summed E-state index contributed by atoms with van der Waals surface area (Å²) >= 11 is 0. The standard InChI is InChI=1S/C14H12F4N2O/c1-21-10-4-9(6-20-7-10)13(19)8-2-3-12(15)11(5-8)14(16,17)18/h2-7,13H,19H2,1H3. The normalized spacial score (nSPS) is 13.0. The van der Waals surface area contributed by atoms with Gasteiger partial charge in [0.25, 0.3) is 0 Å². The Morgan fingerprint density at radius 2 is 1.86 bits per heavy atom. The Balaban J connectivity index is 2.41. The molecule has 0 radical (unpaired) electrons. The number of nitrogens with zero attached hydrogens (tertiary/aromatic N) is 1. The molecular formula is C14H12F4N2O. The van der Waals surface area contributed by atoms with E-state index in [-0.39, 0.29) is 5.56 Å². The average Bonchev–Trinajstić information content (AvgIpc) is 2.46. The van der Waals surface area contributed by atoms with Gasteiger partial charge in [-0.3, -0.25) is 4.98 Å². The smallest absolute Gasteiger partial charge is 0.419 e. The first-order valence-corrected chi connectivity index (χ1v) is 5.94. The number of methoxy groups -OCH3 is 1. The minimum absolute atomic E-state index is 0.138. The first-order valence-electron chi connectivity index (χ1n) is 5.94. The van der Waals surface area contributed by atoms with Crippen LogP contribution in [0.1, 0.15) is 22.7 Å². The first kappa shape index (κ1) is 15.2. The fourth-order valence-corrected chi connectivity index (χ4v) is 1.86. The van der Waals surface area contributed by atoms with Crippen LogP contribution in [0.2, 0.25) is 0 Å². The third-order valence-corrected chi connectivity index (χ3v) is 2.98. The summed E-state index contributed by atoms with van der Waals surface area (Å²) in [5, 5.41) is 0. The van der Waals surface area contributed by atoms with Gasteiger partial charge in [0.1, 0.15) is 11.6 Å². The Bertz CT molecular complexity index is 643. The van der Waals surface area contributed by atoms with E-state index in [4.69, 9.17) is 10.5 Å². The quantitative estimate of drug-likeness (QED) is 0.885. The zero-order valence-electron chi connectivity index (χ0n) is 11.0. The van der Waals surface area contributed by atoms with E-state index >= 15 is 0 Å². The molecule has 0 aliphatic heterocycles.